The molecule has 0 atom stereocenters. The topological polar surface area (TPSA) is 96.3 Å². The van der Waals surface area contributed by atoms with Gasteiger partial charge in [0.15, 0.2) is 0 Å². The maximum Gasteiger partial charge on any atom is 0.104 e. The fourth-order valence-electron chi connectivity index (χ4n) is 2.43. The van der Waals surface area contributed by atoms with Gasteiger partial charge in [-0.15, -0.1) is 0 Å². The first-order valence-electron chi connectivity index (χ1n) is 6.50. The highest BCUT2D eigenvalue weighted by Crippen LogP contribution is 2.33. The molecule has 4 N–H and O–H groups in total. The SMILES string of the molecule is Nc1ccc2[nH]nc(-c3cn[nH]c3-c3cccnc3)c2c1. The van der Waals surface area contributed by atoms with Crippen LogP contribution in [0.15, 0.2) is 48.9 Å². The highest BCUT2D eigenvalue weighted by molar-refractivity contribution is 5.97. The van der Waals surface area contributed by atoms with Crippen LogP contribution in [0.2, 0.25) is 0 Å². The Bertz CT molecular complexity index is 906. The summed E-state index contributed by atoms with van der Waals surface area (Å²) in [5.41, 5.74) is 11.1. The normalized spacial score (nSPS) is 11.0. The summed E-state index contributed by atoms with van der Waals surface area (Å²) in [5, 5.41) is 15.6. The Balaban J connectivity index is 1.95. The van der Waals surface area contributed by atoms with E-state index in [0.717, 1.165) is 33.4 Å². The molecule has 102 valence electrons. The van der Waals surface area contributed by atoms with E-state index in [1.165, 1.54) is 0 Å². The Labute approximate surface area is 120 Å². The fraction of sp³-hybridized carbons (Fsp3) is 0. The van der Waals surface area contributed by atoms with Crippen molar-refractivity contribution in [1.29, 1.82) is 0 Å². The van der Waals surface area contributed by atoms with Gasteiger partial charge in [0.05, 0.1) is 17.4 Å². The van der Waals surface area contributed by atoms with E-state index in [2.05, 4.69) is 25.4 Å². The van der Waals surface area contributed by atoms with Gasteiger partial charge in [0.25, 0.3) is 0 Å². The van der Waals surface area contributed by atoms with Gasteiger partial charge in [-0.05, 0) is 30.3 Å². The molecule has 4 rings (SSSR count). The molecule has 0 unspecified atom stereocenters. The second kappa shape index (κ2) is 4.45. The van der Waals surface area contributed by atoms with Gasteiger partial charge in [0, 0.05) is 34.6 Å². The Hall–Kier alpha value is -3.15. The molecule has 21 heavy (non-hydrogen) atoms. The van der Waals surface area contributed by atoms with Crippen molar-refractivity contribution < 1.29 is 0 Å². The molecule has 0 aliphatic carbocycles. The van der Waals surface area contributed by atoms with E-state index in [-0.39, 0.29) is 0 Å². The number of nitrogens with two attached hydrogens (primary N) is 1. The van der Waals surface area contributed by atoms with Crippen molar-refractivity contribution in [1.82, 2.24) is 25.4 Å². The summed E-state index contributed by atoms with van der Waals surface area (Å²) < 4.78 is 0. The van der Waals surface area contributed by atoms with E-state index < -0.39 is 0 Å². The number of anilines is 1. The Morgan fingerprint density at radius 1 is 1.05 bits per heavy atom. The number of fused-ring (bicyclic) bond motifs is 1. The molecule has 1 aromatic carbocycles. The molecule has 0 radical (unpaired) electrons. The molecule has 3 aromatic heterocycles. The molecule has 0 aliphatic heterocycles. The van der Waals surface area contributed by atoms with Crippen molar-refractivity contribution >= 4 is 16.6 Å². The highest BCUT2D eigenvalue weighted by atomic mass is 15.1. The molecule has 0 saturated carbocycles. The van der Waals surface area contributed by atoms with Crippen LogP contribution >= 0.6 is 0 Å². The summed E-state index contributed by atoms with van der Waals surface area (Å²) in [4.78, 5) is 4.14. The zero-order valence-electron chi connectivity index (χ0n) is 11.0. The van der Waals surface area contributed by atoms with E-state index in [0.29, 0.717) is 5.69 Å². The molecule has 4 aromatic rings. The van der Waals surface area contributed by atoms with Gasteiger partial charge in [-0.2, -0.15) is 10.2 Å². The monoisotopic (exact) mass is 276 g/mol. The van der Waals surface area contributed by atoms with Crippen molar-refractivity contribution in [3.63, 3.8) is 0 Å². The van der Waals surface area contributed by atoms with Crippen LogP contribution in [0.4, 0.5) is 5.69 Å². The van der Waals surface area contributed by atoms with Crippen LogP contribution in [0.5, 0.6) is 0 Å². The second-order valence-electron chi connectivity index (χ2n) is 4.78. The maximum absolute atomic E-state index is 5.88. The fourth-order valence-corrected chi connectivity index (χ4v) is 2.43. The largest absolute Gasteiger partial charge is 0.399 e. The van der Waals surface area contributed by atoms with Crippen LogP contribution in [0.3, 0.4) is 0 Å². The van der Waals surface area contributed by atoms with Gasteiger partial charge in [-0.25, -0.2) is 0 Å². The third-order valence-electron chi connectivity index (χ3n) is 3.43. The minimum absolute atomic E-state index is 0.705. The first-order chi connectivity index (χ1) is 10.3. The Morgan fingerprint density at radius 3 is 2.86 bits per heavy atom. The number of nitrogens with one attached hydrogen (secondary N) is 2. The number of H-pyrrole nitrogens is 2. The number of rotatable bonds is 2. The van der Waals surface area contributed by atoms with Crippen LogP contribution in [0.1, 0.15) is 0 Å². The number of nitrogens with zero attached hydrogens (tertiary/aromatic N) is 3. The summed E-state index contributed by atoms with van der Waals surface area (Å²) in [5.74, 6) is 0. The van der Waals surface area contributed by atoms with Gasteiger partial charge in [0.1, 0.15) is 5.69 Å². The maximum atomic E-state index is 5.88. The minimum atomic E-state index is 0.705. The van der Waals surface area contributed by atoms with Gasteiger partial charge < -0.3 is 5.73 Å². The molecule has 0 amide bonds. The highest BCUT2D eigenvalue weighted by Gasteiger charge is 2.15. The van der Waals surface area contributed by atoms with Crippen molar-refractivity contribution in [3.05, 3.63) is 48.9 Å². The second-order valence-corrected chi connectivity index (χ2v) is 4.78. The smallest absolute Gasteiger partial charge is 0.104 e. The van der Waals surface area contributed by atoms with Crippen LogP contribution in [-0.4, -0.2) is 25.4 Å². The lowest BCUT2D eigenvalue weighted by Gasteiger charge is -2.01. The summed E-state index contributed by atoms with van der Waals surface area (Å²) >= 11 is 0. The van der Waals surface area contributed by atoms with E-state index in [1.54, 1.807) is 18.6 Å². The number of hydrogen-bond acceptors (Lipinski definition) is 4. The molecular weight excluding hydrogens is 264 g/mol. The Morgan fingerprint density at radius 2 is 2.00 bits per heavy atom. The van der Waals surface area contributed by atoms with Gasteiger partial charge >= 0.3 is 0 Å². The third kappa shape index (κ3) is 1.85. The summed E-state index contributed by atoms with van der Waals surface area (Å²) in [6, 6.07) is 9.55. The molecule has 0 spiro atoms. The van der Waals surface area contributed by atoms with E-state index >= 15 is 0 Å². The number of hydrogen-bond donors (Lipinski definition) is 3. The quantitative estimate of drug-likeness (QED) is 0.490. The van der Waals surface area contributed by atoms with Gasteiger partial charge in [-0.3, -0.25) is 15.2 Å². The standard InChI is InChI=1S/C15H12N6/c16-10-3-4-13-11(6-10)15(21-19-13)12-8-18-20-14(12)9-2-1-5-17-7-9/h1-8H,16H2,(H,18,20)(H,19,21). The zero-order chi connectivity index (χ0) is 14.2. The van der Waals surface area contributed by atoms with Crippen molar-refractivity contribution in [2.75, 3.05) is 5.73 Å². The predicted molar refractivity (Wildman–Crippen MR) is 81.3 cm³/mol. The van der Waals surface area contributed by atoms with Crippen molar-refractivity contribution in [3.8, 4) is 22.5 Å². The van der Waals surface area contributed by atoms with Crippen molar-refractivity contribution in [2.45, 2.75) is 0 Å². The molecule has 0 aliphatic rings. The average Bonchev–Trinajstić information content (AvgIpc) is 3.13. The van der Waals surface area contributed by atoms with Crippen LogP contribution < -0.4 is 5.73 Å². The van der Waals surface area contributed by atoms with E-state index in [1.807, 2.05) is 30.3 Å². The molecule has 0 fully saturated rings. The Kier molecular flexibility index (Phi) is 2.47. The lowest BCUT2D eigenvalue weighted by molar-refractivity contribution is 1.09. The summed E-state index contributed by atoms with van der Waals surface area (Å²) in [6.07, 6.45) is 5.30. The minimum Gasteiger partial charge on any atom is -0.399 e. The third-order valence-corrected chi connectivity index (χ3v) is 3.43. The van der Waals surface area contributed by atoms with Crippen LogP contribution in [-0.2, 0) is 0 Å². The predicted octanol–water partition coefficient (Wildman–Crippen LogP) is 2.60. The summed E-state index contributed by atoms with van der Waals surface area (Å²) in [7, 11) is 0. The first-order valence-corrected chi connectivity index (χ1v) is 6.50. The number of aromatic amines is 2. The van der Waals surface area contributed by atoms with Crippen molar-refractivity contribution in [2.24, 2.45) is 0 Å². The number of benzene rings is 1. The zero-order valence-corrected chi connectivity index (χ0v) is 11.0. The lowest BCUT2D eigenvalue weighted by Crippen LogP contribution is -1.85. The average molecular weight is 276 g/mol. The number of aromatic nitrogens is 5. The number of nitrogen functional groups attached to an aromatic ring is 1. The lowest BCUT2D eigenvalue weighted by atomic mass is 10.0. The van der Waals surface area contributed by atoms with Gasteiger partial charge in [0.2, 0.25) is 0 Å². The van der Waals surface area contributed by atoms with Crippen LogP contribution in [0.25, 0.3) is 33.4 Å². The molecule has 6 nitrogen and oxygen atoms in total. The van der Waals surface area contributed by atoms with Crippen LogP contribution in [0, 0.1) is 0 Å². The van der Waals surface area contributed by atoms with E-state index in [4.69, 9.17) is 5.73 Å². The molecule has 3 heterocycles. The summed E-state index contributed by atoms with van der Waals surface area (Å²) in [6.45, 7) is 0. The molecule has 0 bridgehead atoms. The number of pyridine rings is 1. The van der Waals surface area contributed by atoms with E-state index in [9.17, 15) is 0 Å². The molecule has 6 heteroatoms. The van der Waals surface area contributed by atoms with Gasteiger partial charge in [-0.1, -0.05) is 0 Å². The molecule has 0 saturated heterocycles. The first kappa shape index (κ1) is 11.7. The molecular formula is C15H12N6.